The Kier molecular flexibility index (Phi) is 4.58. The van der Waals surface area contributed by atoms with Crippen molar-refractivity contribution in [1.29, 1.82) is 0 Å². The van der Waals surface area contributed by atoms with Crippen LogP contribution in [0.2, 0.25) is 0 Å². The summed E-state index contributed by atoms with van der Waals surface area (Å²) in [4.78, 5) is 16.5. The summed E-state index contributed by atoms with van der Waals surface area (Å²) < 4.78 is 48.0. The van der Waals surface area contributed by atoms with Gasteiger partial charge in [-0.05, 0) is 37.1 Å². The highest BCUT2D eigenvalue weighted by Gasteiger charge is 2.33. The molecule has 2 aromatic heterocycles. The number of carbonyl (C=O) groups is 1. The van der Waals surface area contributed by atoms with Gasteiger partial charge >= 0.3 is 5.97 Å². The minimum Gasteiger partial charge on any atom is -0.462 e. The van der Waals surface area contributed by atoms with Crippen molar-refractivity contribution >= 4 is 11.6 Å². The summed E-state index contributed by atoms with van der Waals surface area (Å²) in [7, 11) is 0. The van der Waals surface area contributed by atoms with E-state index in [1.807, 2.05) is 4.40 Å². The van der Waals surface area contributed by atoms with Crippen LogP contribution in [0.3, 0.4) is 0 Å². The van der Waals surface area contributed by atoms with E-state index in [1.54, 1.807) is 25.3 Å². The maximum atomic E-state index is 14.2. The van der Waals surface area contributed by atoms with Crippen molar-refractivity contribution in [2.45, 2.75) is 31.7 Å². The first-order valence-corrected chi connectivity index (χ1v) is 8.96. The lowest BCUT2D eigenvalue weighted by atomic mass is 9.80. The third-order valence-corrected chi connectivity index (χ3v) is 5.12. The zero-order valence-corrected chi connectivity index (χ0v) is 15.1. The van der Waals surface area contributed by atoms with Gasteiger partial charge in [-0.1, -0.05) is 0 Å². The maximum Gasteiger partial charge on any atom is 0.338 e. The van der Waals surface area contributed by atoms with E-state index in [4.69, 9.17) is 10.5 Å². The highest BCUT2D eigenvalue weighted by molar-refractivity contribution is 5.90. The number of hydrogen-bond donors (Lipinski definition) is 1. The van der Waals surface area contributed by atoms with Gasteiger partial charge in [-0.2, -0.15) is 0 Å². The lowest BCUT2D eigenvalue weighted by molar-refractivity contribution is 0.0526. The molecule has 2 atom stereocenters. The molecule has 0 spiro atoms. The quantitative estimate of drug-likeness (QED) is 0.552. The first kappa shape index (κ1) is 18.5. The summed E-state index contributed by atoms with van der Waals surface area (Å²) in [5, 5.41) is 0. The molecule has 8 heteroatoms. The van der Waals surface area contributed by atoms with Gasteiger partial charge in [0.25, 0.3) is 0 Å². The molecule has 1 aliphatic carbocycles. The Balaban J connectivity index is 1.72. The van der Waals surface area contributed by atoms with E-state index >= 15 is 0 Å². The Morgan fingerprint density at radius 1 is 1.21 bits per heavy atom. The van der Waals surface area contributed by atoms with E-state index in [9.17, 15) is 18.0 Å². The Bertz CT molecular complexity index is 1080. The fourth-order valence-corrected chi connectivity index (χ4v) is 3.75. The second-order valence-electron chi connectivity index (χ2n) is 6.84. The second kappa shape index (κ2) is 6.94. The molecule has 0 fully saturated rings. The molecule has 2 N–H and O–H groups in total. The van der Waals surface area contributed by atoms with Crippen molar-refractivity contribution in [2.75, 3.05) is 6.61 Å². The number of nitrogens with zero attached hydrogens (tertiary/aromatic N) is 2. The Morgan fingerprint density at radius 2 is 1.96 bits per heavy atom. The average Bonchev–Trinajstić information content (AvgIpc) is 3.01. The number of hydrogen-bond acceptors (Lipinski definition) is 4. The van der Waals surface area contributed by atoms with Crippen molar-refractivity contribution < 1.29 is 22.7 Å². The van der Waals surface area contributed by atoms with Gasteiger partial charge in [-0.25, -0.2) is 22.9 Å². The molecule has 1 aromatic carbocycles. The number of esters is 1. The van der Waals surface area contributed by atoms with Gasteiger partial charge in [0.2, 0.25) is 0 Å². The maximum absolute atomic E-state index is 14.2. The van der Waals surface area contributed by atoms with Gasteiger partial charge in [-0.3, -0.25) is 0 Å². The third-order valence-electron chi connectivity index (χ3n) is 5.12. The summed E-state index contributed by atoms with van der Waals surface area (Å²) in [5.41, 5.74) is 8.77. The van der Waals surface area contributed by atoms with Gasteiger partial charge in [0.15, 0.2) is 11.6 Å². The zero-order chi connectivity index (χ0) is 20.0. The van der Waals surface area contributed by atoms with Crippen LogP contribution in [0, 0.1) is 17.5 Å². The molecule has 4 rings (SSSR count). The largest absolute Gasteiger partial charge is 0.462 e. The number of nitrogens with two attached hydrogens (primary N) is 1. The first-order chi connectivity index (χ1) is 13.4. The van der Waals surface area contributed by atoms with Crippen LogP contribution in [0.15, 0.2) is 30.5 Å². The minimum atomic E-state index is -1.23. The van der Waals surface area contributed by atoms with Crippen molar-refractivity contribution in [2.24, 2.45) is 5.73 Å². The number of carbonyl (C=O) groups excluding carboxylic acids is 1. The number of rotatable bonds is 3. The van der Waals surface area contributed by atoms with E-state index in [0.717, 1.165) is 11.8 Å². The SMILES string of the molecule is CCOC(=O)c1ccn2c3c(nc2c1)C[C@H](c1cc(F)c(F)cc1F)[C@@H](N)C3. The van der Waals surface area contributed by atoms with Crippen LogP contribution in [0.1, 0.15) is 40.2 Å². The van der Waals surface area contributed by atoms with Gasteiger partial charge in [0.05, 0.1) is 17.9 Å². The number of imidazole rings is 1. The molecule has 146 valence electrons. The number of benzene rings is 1. The van der Waals surface area contributed by atoms with E-state index in [0.29, 0.717) is 29.4 Å². The number of aromatic nitrogens is 2. The fourth-order valence-electron chi connectivity index (χ4n) is 3.75. The summed E-state index contributed by atoms with van der Waals surface area (Å²) in [6, 6.07) is 4.18. The molecule has 0 saturated heterocycles. The summed E-state index contributed by atoms with van der Waals surface area (Å²) in [5.74, 6) is -4.13. The third kappa shape index (κ3) is 3.03. The monoisotopic (exact) mass is 389 g/mol. The van der Waals surface area contributed by atoms with Crippen LogP contribution in [-0.2, 0) is 17.6 Å². The van der Waals surface area contributed by atoms with Crippen LogP contribution in [-0.4, -0.2) is 28.0 Å². The van der Waals surface area contributed by atoms with Gasteiger partial charge < -0.3 is 14.9 Å². The fraction of sp³-hybridized carbons (Fsp3) is 0.300. The predicted molar refractivity (Wildman–Crippen MR) is 95.6 cm³/mol. The standard InChI is InChI=1S/C20H18F3N3O2/c1-2-28-20(27)10-3-4-26-18-9-16(24)12(7-17(18)25-19(26)5-10)11-6-14(22)15(23)8-13(11)21/h3-6,8,12,16H,2,7,9,24H2,1H3/t12-,16+/m1/s1. The summed E-state index contributed by atoms with van der Waals surface area (Å²) in [6.07, 6.45) is 2.39. The van der Waals surface area contributed by atoms with Crippen molar-refractivity contribution in [3.63, 3.8) is 0 Å². The molecule has 2 heterocycles. The number of pyridine rings is 1. The molecule has 1 aliphatic rings. The lowest BCUT2D eigenvalue weighted by Gasteiger charge is -2.29. The Morgan fingerprint density at radius 3 is 2.71 bits per heavy atom. The van der Waals surface area contributed by atoms with Crippen LogP contribution in [0.5, 0.6) is 0 Å². The molecular weight excluding hydrogens is 371 g/mol. The first-order valence-electron chi connectivity index (χ1n) is 8.96. The summed E-state index contributed by atoms with van der Waals surface area (Å²) >= 11 is 0. The van der Waals surface area contributed by atoms with E-state index in [2.05, 4.69) is 4.98 Å². The van der Waals surface area contributed by atoms with Crippen molar-refractivity contribution in [1.82, 2.24) is 9.38 Å². The van der Waals surface area contributed by atoms with E-state index < -0.39 is 35.4 Å². The number of ether oxygens (including phenoxy) is 1. The molecule has 0 aliphatic heterocycles. The molecule has 0 amide bonds. The smallest absolute Gasteiger partial charge is 0.338 e. The molecular formula is C20H18F3N3O2. The number of halogens is 3. The van der Waals surface area contributed by atoms with Crippen LogP contribution in [0.4, 0.5) is 13.2 Å². The average molecular weight is 389 g/mol. The number of fused-ring (bicyclic) bond motifs is 3. The van der Waals surface area contributed by atoms with Crippen LogP contribution < -0.4 is 5.73 Å². The minimum absolute atomic E-state index is 0.0429. The van der Waals surface area contributed by atoms with Gasteiger partial charge in [0.1, 0.15) is 11.5 Å². The molecule has 5 nitrogen and oxygen atoms in total. The Hall–Kier alpha value is -2.87. The molecule has 3 aromatic rings. The molecule has 0 unspecified atom stereocenters. The molecule has 0 saturated carbocycles. The van der Waals surface area contributed by atoms with Gasteiger partial charge in [-0.15, -0.1) is 0 Å². The molecule has 0 radical (unpaired) electrons. The van der Waals surface area contributed by atoms with Gasteiger partial charge in [0, 0.05) is 36.3 Å². The molecule has 0 bridgehead atoms. The van der Waals surface area contributed by atoms with Crippen molar-refractivity contribution in [3.05, 3.63) is 70.4 Å². The predicted octanol–water partition coefficient (Wildman–Crippen LogP) is 3.14. The zero-order valence-electron chi connectivity index (χ0n) is 15.1. The summed E-state index contributed by atoms with van der Waals surface area (Å²) in [6.45, 7) is 1.99. The van der Waals surface area contributed by atoms with E-state index in [1.165, 1.54) is 0 Å². The molecule has 28 heavy (non-hydrogen) atoms. The normalized spacial score (nSPS) is 18.9. The van der Waals surface area contributed by atoms with Crippen LogP contribution in [0.25, 0.3) is 5.65 Å². The highest BCUT2D eigenvalue weighted by Crippen LogP contribution is 2.34. The van der Waals surface area contributed by atoms with E-state index in [-0.39, 0.29) is 18.6 Å². The van der Waals surface area contributed by atoms with Crippen molar-refractivity contribution in [3.8, 4) is 0 Å². The van der Waals surface area contributed by atoms with Crippen LogP contribution >= 0.6 is 0 Å². The highest BCUT2D eigenvalue weighted by atomic mass is 19.2. The second-order valence-corrected chi connectivity index (χ2v) is 6.84. The lowest BCUT2D eigenvalue weighted by Crippen LogP contribution is -2.37. The Labute approximate surface area is 158 Å². The topological polar surface area (TPSA) is 69.6 Å².